The predicted molar refractivity (Wildman–Crippen MR) is 62.0 cm³/mol. The topological polar surface area (TPSA) is 37.4 Å². The molecule has 1 aromatic rings. The molecule has 2 rings (SSSR count). The number of carbonyl (C=O) groups excluding carboxylic acids is 2. The van der Waals surface area contributed by atoms with Gasteiger partial charge in [-0.2, -0.15) is 0 Å². The number of rotatable bonds is 1. The van der Waals surface area contributed by atoms with Crippen LogP contribution in [0.2, 0.25) is 0 Å². The maximum atomic E-state index is 11.6. The quantitative estimate of drug-likeness (QED) is 0.530. The molecule has 0 fully saturated rings. The maximum Gasteiger partial charge on any atom is 0.262 e. The zero-order valence-corrected chi connectivity index (χ0v) is 9.36. The van der Waals surface area contributed by atoms with E-state index in [0.717, 1.165) is 4.90 Å². The number of amides is 2. The lowest BCUT2D eigenvalue weighted by Crippen LogP contribution is -2.29. The molecule has 1 aliphatic heterocycles. The first-order valence-corrected chi connectivity index (χ1v) is 5.14. The molecule has 1 aliphatic rings. The fourth-order valence-corrected chi connectivity index (χ4v) is 1.47. The number of fused-ring (bicyclic) bond motifs is 1. The van der Waals surface area contributed by atoms with Crippen molar-refractivity contribution in [3.63, 3.8) is 0 Å². The first kappa shape index (κ1) is 12.0. The van der Waals surface area contributed by atoms with E-state index in [-0.39, 0.29) is 18.4 Å². The molecule has 0 spiro atoms. The third-order valence-electron chi connectivity index (χ3n) is 2.13. The Labute approximate surface area is 95.1 Å². The molecule has 0 bridgehead atoms. The molecule has 16 heavy (non-hydrogen) atoms. The minimum absolute atomic E-state index is 0.0341. The van der Waals surface area contributed by atoms with E-state index in [1.807, 2.05) is 13.8 Å². The molecule has 0 saturated carbocycles. The fourth-order valence-electron chi connectivity index (χ4n) is 1.47. The third-order valence-corrected chi connectivity index (χ3v) is 2.13. The zero-order valence-electron chi connectivity index (χ0n) is 9.36. The highest BCUT2D eigenvalue weighted by Crippen LogP contribution is 2.21. The second kappa shape index (κ2) is 5.13. The molecule has 0 atom stereocenters. The van der Waals surface area contributed by atoms with E-state index in [1.165, 1.54) is 0 Å². The number of imide groups is 1. The summed E-state index contributed by atoms with van der Waals surface area (Å²) in [5.41, 5.74) is 0.875. The van der Waals surface area contributed by atoms with Crippen molar-refractivity contribution >= 4 is 11.8 Å². The van der Waals surface area contributed by atoms with E-state index in [0.29, 0.717) is 11.1 Å². The number of terminal acetylenes is 1. The van der Waals surface area contributed by atoms with Gasteiger partial charge in [-0.05, 0) is 12.1 Å². The second-order valence-corrected chi connectivity index (χ2v) is 2.95. The summed E-state index contributed by atoms with van der Waals surface area (Å²) in [6.45, 7) is 4.03. The smallest absolute Gasteiger partial charge is 0.262 e. The Hall–Kier alpha value is -2.08. The number of carbonyl (C=O) groups is 2. The minimum Gasteiger partial charge on any atom is -0.269 e. The lowest BCUT2D eigenvalue weighted by atomic mass is 10.1. The summed E-state index contributed by atoms with van der Waals surface area (Å²) in [6.07, 6.45) is 5.07. The van der Waals surface area contributed by atoms with Crippen molar-refractivity contribution in [3.05, 3.63) is 35.4 Å². The van der Waals surface area contributed by atoms with Gasteiger partial charge in [0, 0.05) is 0 Å². The lowest BCUT2D eigenvalue weighted by molar-refractivity contribution is 0.0675. The van der Waals surface area contributed by atoms with Crippen molar-refractivity contribution in [1.82, 2.24) is 4.90 Å². The van der Waals surface area contributed by atoms with E-state index in [2.05, 4.69) is 5.92 Å². The monoisotopic (exact) mass is 215 g/mol. The summed E-state index contributed by atoms with van der Waals surface area (Å²) in [6, 6.07) is 6.71. The van der Waals surface area contributed by atoms with Crippen molar-refractivity contribution in [1.29, 1.82) is 0 Å². The first-order valence-electron chi connectivity index (χ1n) is 5.14. The van der Waals surface area contributed by atoms with E-state index >= 15 is 0 Å². The van der Waals surface area contributed by atoms with Crippen LogP contribution in [-0.2, 0) is 0 Å². The maximum absolute atomic E-state index is 11.6. The zero-order chi connectivity index (χ0) is 12.1. The van der Waals surface area contributed by atoms with Crippen LogP contribution in [0.15, 0.2) is 24.3 Å². The van der Waals surface area contributed by atoms with E-state index in [4.69, 9.17) is 6.42 Å². The van der Waals surface area contributed by atoms with Gasteiger partial charge in [0.25, 0.3) is 11.8 Å². The van der Waals surface area contributed by atoms with Gasteiger partial charge in [0.1, 0.15) is 0 Å². The molecule has 0 N–H and O–H groups in total. The Morgan fingerprint density at radius 1 is 1.12 bits per heavy atom. The number of hydrogen-bond donors (Lipinski definition) is 0. The molecule has 0 unspecified atom stereocenters. The Kier molecular flexibility index (Phi) is 3.84. The minimum atomic E-state index is -0.302. The summed E-state index contributed by atoms with van der Waals surface area (Å²) >= 11 is 0. The van der Waals surface area contributed by atoms with Crippen LogP contribution in [0, 0.1) is 12.3 Å². The van der Waals surface area contributed by atoms with Crippen LogP contribution >= 0.6 is 0 Å². The average molecular weight is 215 g/mol. The molecular formula is C13H13NO2. The van der Waals surface area contributed by atoms with E-state index in [9.17, 15) is 9.59 Å². The van der Waals surface area contributed by atoms with Crippen molar-refractivity contribution in [2.24, 2.45) is 0 Å². The highest BCUT2D eigenvalue weighted by atomic mass is 16.2. The molecular weight excluding hydrogens is 202 g/mol. The lowest BCUT2D eigenvalue weighted by Gasteiger charge is -2.08. The van der Waals surface area contributed by atoms with Crippen LogP contribution in [0.4, 0.5) is 0 Å². The molecule has 0 saturated heterocycles. The van der Waals surface area contributed by atoms with Crippen LogP contribution in [0.1, 0.15) is 34.6 Å². The van der Waals surface area contributed by atoms with Crippen LogP contribution in [-0.4, -0.2) is 23.3 Å². The van der Waals surface area contributed by atoms with Crippen LogP contribution in [0.3, 0.4) is 0 Å². The molecule has 0 radical (unpaired) electrons. The van der Waals surface area contributed by atoms with Gasteiger partial charge in [0.05, 0.1) is 17.7 Å². The fraction of sp³-hybridized carbons (Fsp3) is 0.231. The normalized spacial score (nSPS) is 12.7. The Bertz CT molecular complexity index is 422. The van der Waals surface area contributed by atoms with Gasteiger partial charge in [0.15, 0.2) is 0 Å². The second-order valence-electron chi connectivity index (χ2n) is 2.95. The molecule has 1 aromatic carbocycles. The van der Waals surface area contributed by atoms with Crippen molar-refractivity contribution in [2.75, 3.05) is 6.54 Å². The highest BCUT2D eigenvalue weighted by molar-refractivity contribution is 6.21. The summed E-state index contributed by atoms with van der Waals surface area (Å²) in [5.74, 6) is 1.69. The van der Waals surface area contributed by atoms with Gasteiger partial charge in [-0.3, -0.25) is 14.5 Å². The van der Waals surface area contributed by atoms with E-state index < -0.39 is 0 Å². The highest BCUT2D eigenvalue weighted by Gasteiger charge is 2.34. The molecule has 3 nitrogen and oxygen atoms in total. The number of hydrogen-bond acceptors (Lipinski definition) is 2. The van der Waals surface area contributed by atoms with E-state index in [1.54, 1.807) is 24.3 Å². The summed E-state index contributed by atoms with van der Waals surface area (Å²) < 4.78 is 0. The predicted octanol–water partition coefficient (Wildman–Crippen LogP) is 1.94. The largest absolute Gasteiger partial charge is 0.269 e. The molecule has 82 valence electrons. The molecule has 1 heterocycles. The van der Waals surface area contributed by atoms with Crippen molar-refractivity contribution in [3.8, 4) is 12.3 Å². The summed E-state index contributed by atoms with van der Waals surface area (Å²) in [5, 5.41) is 0. The van der Waals surface area contributed by atoms with Crippen LogP contribution in [0.25, 0.3) is 0 Å². The molecule has 0 aliphatic carbocycles. The molecule has 3 heteroatoms. The standard InChI is InChI=1S/C11H7NO2.C2H6/c1-2-7-12-10(13)8-5-3-4-6-9(8)11(12)14;1-2/h1,3-6H,7H2;1-2H3. The SMILES string of the molecule is C#CCN1C(=O)c2ccccc2C1=O.CC. The van der Waals surface area contributed by atoms with Gasteiger partial charge in [-0.25, -0.2) is 0 Å². The molecule has 2 amide bonds. The third kappa shape index (κ3) is 1.82. The van der Waals surface area contributed by atoms with Gasteiger partial charge >= 0.3 is 0 Å². The summed E-state index contributed by atoms with van der Waals surface area (Å²) in [4.78, 5) is 24.3. The van der Waals surface area contributed by atoms with Crippen molar-refractivity contribution < 1.29 is 9.59 Å². The first-order chi connectivity index (χ1) is 7.75. The summed E-state index contributed by atoms with van der Waals surface area (Å²) in [7, 11) is 0. The van der Waals surface area contributed by atoms with Gasteiger partial charge in [-0.15, -0.1) is 6.42 Å². The van der Waals surface area contributed by atoms with Gasteiger partial charge in [-0.1, -0.05) is 31.9 Å². The van der Waals surface area contributed by atoms with Crippen LogP contribution in [0.5, 0.6) is 0 Å². The van der Waals surface area contributed by atoms with Crippen molar-refractivity contribution in [2.45, 2.75) is 13.8 Å². The Morgan fingerprint density at radius 2 is 1.56 bits per heavy atom. The van der Waals surface area contributed by atoms with Gasteiger partial charge < -0.3 is 0 Å². The molecule has 0 aromatic heterocycles. The average Bonchev–Trinajstić information content (AvgIpc) is 2.58. The Balaban J connectivity index is 0.000000606. The number of nitrogens with zero attached hydrogens (tertiary/aromatic N) is 1. The van der Waals surface area contributed by atoms with Crippen LogP contribution < -0.4 is 0 Å². The Morgan fingerprint density at radius 3 is 1.94 bits per heavy atom. The van der Waals surface area contributed by atoms with Gasteiger partial charge in [0.2, 0.25) is 0 Å². The number of benzene rings is 1.